The van der Waals surface area contributed by atoms with Crippen LogP contribution < -0.4 is 5.73 Å². The van der Waals surface area contributed by atoms with Crippen molar-refractivity contribution in [3.8, 4) is 0 Å². The highest BCUT2D eigenvalue weighted by atomic mass is 35.5. The first kappa shape index (κ1) is 13.5. The van der Waals surface area contributed by atoms with Crippen LogP contribution in [0.5, 0.6) is 0 Å². The van der Waals surface area contributed by atoms with Crippen LogP contribution in [0.25, 0.3) is 0 Å². The molecule has 0 aliphatic carbocycles. The van der Waals surface area contributed by atoms with Crippen LogP contribution in [0.4, 0.5) is 13.2 Å². The lowest BCUT2D eigenvalue weighted by molar-refractivity contribution is -0.149. The van der Waals surface area contributed by atoms with Crippen molar-refractivity contribution in [2.45, 2.75) is 12.2 Å². The number of alkyl halides is 3. The Labute approximate surface area is 89.7 Å². The molecule has 0 aliphatic rings. The van der Waals surface area contributed by atoms with Crippen LogP contribution in [0.15, 0.2) is 18.2 Å². The number of halogens is 5. The third-order valence-corrected chi connectivity index (χ3v) is 1.62. The zero-order valence-electron chi connectivity index (χ0n) is 6.75. The van der Waals surface area contributed by atoms with Crippen LogP contribution >= 0.6 is 24.0 Å². The van der Waals surface area contributed by atoms with Gasteiger partial charge in [-0.15, -0.1) is 12.4 Å². The third-order valence-electron chi connectivity index (χ3n) is 1.41. The Hall–Kier alpha value is -0.520. The van der Waals surface area contributed by atoms with Gasteiger partial charge in [-0.05, 0) is 12.1 Å². The van der Waals surface area contributed by atoms with E-state index in [0.29, 0.717) is 0 Å². The van der Waals surface area contributed by atoms with Crippen molar-refractivity contribution in [1.82, 2.24) is 4.98 Å². The maximum Gasteiger partial charge on any atom is 0.409 e. The Morgan fingerprint density at radius 2 is 1.93 bits per heavy atom. The van der Waals surface area contributed by atoms with Crippen LogP contribution in [0.3, 0.4) is 0 Å². The van der Waals surface area contributed by atoms with Crippen LogP contribution in [0.1, 0.15) is 11.7 Å². The van der Waals surface area contributed by atoms with Crippen molar-refractivity contribution in [3.05, 3.63) is 29.0 Å². The van der Waals surface area contributed by atoms with Gasteiger partial charge in [-0.1, -0.05) is 17.7 Å². The first-order valence-electron chi connectivity index (χ1n) is 3.36. The molecule has 0 fully saturated rings. The monoisotopic (exact) mass is 246 g/mol. The normalized spacial score (nSPS) is 13.2. The molecule has 0 unspecified atom stereocenters. The highest BCUT2D eigenvalue weighted by molar-refractivity contribution is 6.29. The molecule has 0 saturated carbocycles. The second kappa shape index (κ2) is 4.82. The van der Waals surface area contributed by atoms with Gasteiger partial charge in [-0.2, -0.15) is 13.2 Å². The van der Waals surface area contributed by atoms with E-state index in [1.807, 2.05) is 0 Å². The number of nitrogens with zero attached hydrogens (tertiary/aromatic N) is 1. The molecular weight excluding hydrogens is 240 g/mol. The number of hydrogen-bond acceptors (Lipinski definition) is 2. The molecule has 7 heteroatoms. The minimum absolute atomic E-state index is 0. The lowest BCUT2D eigenvalue weighted by Crippen LogP contribution is -2.29. The highest BCUT2D eigenvalue weighted by Gasteiger charge is 2.38. The van der Waals surface area contributed by atoms with Gasteiger partial charge < -0.3 is 5.73 Å². The standard InChI is InChI=1S/C7H6ClF3N2.ClH/c8-5-3-1-2-4(13-5)6(12)7(9,10)11;/h1-3,6H,12H2;1H/t6-;/m1./s1. The lowest BCUT2D eigenvalue weighted by Gasteiger charge is -2.14. The van der Waals surface area contributed by atoms with Crippen LogP contribution in [0.2, 0.25) is 5.15 Å². The molecule has 0 aliphatic heterocycles. The predicted octanol–water partition coefficient (Wildman–Crippen LogP) is 2.72. The van der Waals surface area contributed by atoms with E-state index < -0.39 is 12.2 Å². The van der Waals surface area contributed by atoms with E-state index in [1.165, 1.54) is 18.2 Å². The molecule has 0 spiro atoms. The summed E-state index contributed by atoms with van der Waals surface area (Å²) in [6.07, 6.45) is -4.49. The maximum absolute atomic E-state index is 12.1. The van der Waals surface area contributed by atoms with Gasteiger partial charge in [0.2, 0.25) is 0 Å². The minimum atomic E-state index is -4.49. The molecule has 2 N–H and O–H groups in total. The van der Waals surface area contributed by atoms with Gasteiger partial charge in [0.15, 0.2) is 0 Å². The minimum Gasteiger partial charge on any atom is -0.315 e. The van der Waals surface area contributed by atoms with Gasteiger partial charge in [-0.25, -0.2) is 4.98 Å². The number of pyridine rings is 1. The lowest BCUT2D eigenvalue weighted by atomic mass is 10.2. The number of hydrogen-bond donors (Lipinski definition) is 1. The van der Waals surface area contributed by atoms with E-state index in [9.17, 15) is 13.2 Å². The van der Waals surface area contributed by atoms with Crippen molar-refractivity contribution in [1.29, 1.82) is 0 Å². The Balaban J connectivity index is 0.00000169. The molecule has 0 radical (unpaired) electrons. The molecule has 14 heavy (non-hydrogen) atoms. The van der Waals surface area contributed by atoms with Crippen LogP contribution in [0, 0.1) is 0 Å². The second-order valence-electron chi connectivity index (χ2n) is 2.40. The third kappa shape index (κ3) is 3.32. The second-order valence-corrected chi connectivity index (χ2v) is 2.79. The molecule has 0 amide bonds. The fourth-order valence-electron chi connectivity index (χ4n) is 0.765. The Morgan fingerprint density at radius 3 is 2.36 bits per heavy atom. The van der Waals surface area contributed by atoms with Crippen molar-refractivity contribution >= 4 is 24.0 Å². The fraction of sp³-hybridized carbons (Fsp3) is 0.286. The first-order valence-corrected chi connectivity index (χ1v) is 3.74. The Kier molecular flexibility index (Phi) is 4.64. The molecule has 1 rings (SSSR count). The average molecular weight is 247 g/mol. The topological polar surface area (TPSA) is 38.9 Å². The summed E-state index contributed by atoms with van der Waals surface area (Å²) in [7, 11) is 0. The summed E-state index contributed by atoms with van der Waals surface area (Å²) < 4.78 is 36.2. The van der Waals surface area contributed by atoms with Crippen LogP contribution in [-0.4, -0.2) is 11.2 Å². The predicted molar refractivity (Wildman–Crippen MR) is 49.5 cm³/mol. The Bertz CT molecular complexity index is 303. The molecule has 1 aromatic rings. The number of aromatic nitrogens is 1. The van der Waals surface area contributed by atoms with Crippen molar-refractivity contribution < 1.29 is 13.2 Å². The zero-order chi connectivity index (χ0) is 10.1. The molecule has 2 nitrogen and oxygen atoms in total. The van der Waals surface area contributed by atoms with Gasteiger partial charge in [0.05, 0.1) is 5.69 Å². The summed E-state index contributed by atoms with van der Waals surface area (Å²) in [5.74, 6) is 0. The van der Waals surface area contributed by atoms with Gasteiger partial charge >= 0.3 is 6.18 Å². The Morgan fingerprint density at radius 1 is 1.36 bits per heavy atom. The SMILES string of the molecule is Cl.N[C@H](c1cccc(Cl)n1)C(F)(F)F. The molecule has 0 bridgehead atoms. The fourth-order valence-corrected chi connectivity index (χ4v) is 0.935. The molecular formula is C7H7Cl2F3N2. The van der Waals surface area contributed by atoms with E-state index in [4.69, 9.17) is 17.3 Å². The van der Waals surface area contributed by atoms with Gasteiger partial charge in [0.25, 0.3) is 0 Å². The van der Waals surface area contributed by atoms with Gasteiger partial charge in [-0.3, -0.25) is 0 Å². The van der Waals surface area contributed by atoms with Crippen molar-refractivity contribution in [2.24, 2.45) is 5.73 Å². The van der Waals surface area contributed by atoms with Crippen molar-refractivity contribution in [3.63, 3.8) is 0 Å². The summed E-state index contributed by atoms with van der Waals surface area (Å²) in [5, 5.41) is -0.00259. The molecule has 0 aromatic carbocycles. The molecule has 1 heterocycles. The van der Waals surface area contributed by atoms with E-state index in [1.54, 1.807) is 0 Å². The quantitative estimate of drug-likeness (QED) is 0.775. The molecule has 80 valence electrons. The maximum atomic E-state index is 12.1. The summed E-state index contributed by atoms with van der Waals surface area (Å²) in [6, 6.07) is 1.86. The first-order chi connectivity index (χ1) is 5.91. The van der Waals surface area contributed by atoms with Crippen LogP contribution in [-0.2, 0) is 0 Å². The highest BCUT2D eigenvalue weighted by Crippen LogP contribution is 2.29. The summed E-state index contributed by atoms with van der Waals surface area (Å²) in [5.41, 5.74) is 4.62. The number of nitrogens with two attached hydrogens (primary N) is 1. The van der Waals surface area contributed by atoms with E-state index in [2.05, 4.69) is 4.98 Å². The van der Waals surface area contributed by atoms with E-state index in [-0.39, 0.29) is 23.3 Å². The van der Waals surface area contributed by atoms with Gasteiger partial charge in [0.1, 0.15) is 11.2 Å². The zero-order valence-corrected chi connectivity index (χ0v) is 8.33. The summed E-state index contributed by atoms with van der Waals surface area (Å²) in [4.78, 5) is 3.46. The largest absolute Gasteiger partial charge is 0.409 e. The molecule has 1 atom stereocenters. The molecule has 1 aromatic heterocycles. The summed E-state index contributed by atoms with van der Waals surface area (Å²) >= 11 is 5.40. The van der Waals surface area contributed by atoms with Gasteiger partial charge in [0, 0.05) is 0 Å². The number of rotatable bonds is 1. The van der Waals surface area contributed by atoms with E-state index >= 15 is 0 Å². The summed E-state index contributed by atoms with van der Waals surface area (Å²) in [6.45, 7) is 0. The molecule has 0 saturated heterocycles. The smallest absolute Gasteiger partial charge is 0.315 e. The van der Waals surface area contributed by atoms with E-state index in [0.717, 1.165) is 0 Å². The van der Waals surface area contributed by atoms with Crippen molar-refractivity contribution in [2.75, 3.05) is 0 Å². The average Bonchev–Trinajstić information content (AvgIpc) is 2.01.